The first kappa shape index (κ1) is 14.0. The van der Waals surface area contributed by atoms with E-state index in [0.717, 1.165) is 5.56 Å². The number of carbonyl (C=O) groups is 2. The van der Waals surface area contributed by atoms with Gasteiger partial charge in [-0.05, 0) is 37.1 Å². The van der Waals surface area contributed by atoms with E-state index in [1.807, 2.05) is 32.0 Å². The number of likely N-dealkylation sites (N-methyl/N-ethyl adjacent to an activating group) is 1. The lowest BCUT2D eigenvalue weighted by atomic mass is 10.1. The fourth-order valence-electron chi connectivity index (χ4n) is 1.27. The van der Waals surface area contributed by atoms with E-state index >= 15 is 0 Å². The van der Waals surface area contributed by atoms with Gasteiger partial charge in [0.15, 0.2) is 6.61 Å². The van der Waals surface area contributed by atoms with Crippen LogP contribution < -0.4 is 15.4 Å². The van der Waals surface area contributed by atoms with E-state index in [0.29, 0.717) is 5.75 Å². The Bertz CT molecular complexity index is 444. The smallest absolute Gasteiger partial charge is 0.258 e. The average Bonchev–Trinajstić information content (AvgIpc) is 2.37. The van der Waals surface area contributed by atoms with Gasteiger partial charge < -0.3 is 15.4 Å². The summed E-state index contributed by atoms with van der Waals surface area (Å²) in [6.45, 7) is 3.86. The van der Waals surface area contributed by atoms with Gasteiger partial charge >= 0.3 is 0 Å². The molecule has 1 aromatic carbocycles. The maximum Gasteiger partial charge on any atom is 0.258 e. The van der Waals surface area contributed by atoms with Crippen molar-refractivity contribution in [2.45, 2.75) is 13.8 Å². The van der Waals surface area contributed by atoms with Crippen LogP contribution in [0.3, 0.4) is 0 Å². The number of rotatable bonds is 5. The van der Waals surface area contributed by atoms with Gasteiger partial charge in [0.1, 0.15) is 5.75 Å². The summed E-state index contributed by atoms with van der Waals surface area (Å²) >= 11 is 0. The van der Waals surface area contributed by atoms with E-state index in [9.17, 15) is 9.59 Å². The zero-order chi connectivity index (χ0) is 13.5. The van der Waals surface area contributed by atoms with Gasteiger partial charge in [-0.3, -0.25) is 9.59 Å². The molecule has 0 fully saturated rings. The maximum absolute atomic E-state index is 11.4. The number of carbonyl (C=O) groups excluding carboxylic acids is 2. The lowest BCUT2D eigenvalue weighted by molar-refractivity contribution is -0.127. The minimum Gasteiger partial charge on any atom is -0.484 e. The second kappa shape index (κ2) is 6.64. The molecule has 1 rings (SSSR count). The van der Waals surface area contributed by atoms with Gasteiger partial charge in [0.25, 0.3) is 5.91 Å². The lowest BCUT2D eigenvalue weighted by Crippen LogP contribution is -2.37. The quantitative estimate of drug-likeness (QED) is 0.801. The third-order valence-corrected chi connectivity index (χ3v) is 2.57. The Kier molecular flexibility index (Phi) is 5.17. The van der Waals surface area contributed by atoms with Crippen LogP contribution in [0, 0.1) is 13.8 Å². The molecule has 0 saturated carbocycles. The molecule has 0 unspecified atom stereocenters. The lowest BCUT2D eigenvalue weighted by Gasteiger charge is -2.08. The molecule has 18 heavy (non-hydrogen) atoms. The van der Waals surface area contributed by atoms with Gasteiger partial charge in [-0.2, -0.15) is 0 Å². The molecule has 0 aliphatic rings. The summed E-state index contributed by atoms with van der Waals surface area (Å²) in [5.41, 5.74) is 2.28. The van der Waals surface area contributed by atoms with Gasteiger partial charge in [-0.15, -0.1) is 0 Å². The van der Waals surface area contributed by atoms with E-state index < -0.39 is 0 Å². The summed E-state index contributed by atoms with van der Waals surface area (Å²) < 4.78 is 5.33. The Morgan fingerprint density at radius 3 is 2.50 bits per heavy atom. The maximum atomic E-state index is 11.4. The molecule has 2 N–H and O–H groups in total. The Morgan fingerprint density at radius 1 is 1.17 bits per heavy atom. The zero-order valence-electron chi connectivity index (χ0n) is 10.9. The van der Waals surface area contributed by atoms with Gasteiger partial charge in [0.2, 0.25) is 5.91 Å². The minimum absolute atomic E-state index is 0.0361. The Morgan fingerprint density at radius 2 is 1.89 bits per heavy atom. The predicted molar refractivity (Wildman–Crippen MR) is 68.5 cm³/mol. The average molecular weight is 250 g/mol. The molecule has 0 radical (unpaired) electrons. The molecule has 5 nitrogen and oxygen atoms in total. The van der Waals surface area contributed by atoms with Crippen molar-refractivity contribution in [2.75, 3.05) is 20.2 Å². The van der Waals surface area contributed by atoms with Crippen molar-refractivity contribution in [1.29, 1.82) is 0 Å². The summed E-state index contributed by atoms with van der Waals surface area (Å²) in [5.74, 6) is 0.0829. The van der Waals surface area contributed by atoms with Crippen LogP contribution in [0.2, 0.25) is 0 Å². The van der Waals surface area contributed by atoms with E-state index in [-0.39, 0.29) is 25.0 Å². The molecule has 0 atom stereocenters. The van der Waals surface area contributed by atoms with Crippen molar-refractivity contribution in [1.82, 2.24) is 10.6 Å². The summed E-state index contributed by atoms with van der Waals surface area (Å²) in [5, 5.41) is 4.87. The van der Waals surface area contributed by atoms with Gasteiger partial charge in [-0.1, -0.05) is 6.07 Å². The number of amides is 2. The molecule has 0 spiro atoms. The number of hydrogen-bond donors (Lipinski definition) is 2. The highest BCUT2D eigenvalue weighted by atomic mass is 16.5. The molecule has 0 heterocycles. The van der Waals surface area contributed by atoms with Crippen LogP contribution in [0.15, 0.2) is 18.2 Å². The first-order valence-electron chi connectivity index (χ1n) is 5.70. The van der Waals surface area contributed by atoms with Crippen molar-refractivity contribution < 1.29 is 14.3 Å². The number of nitrogens with one attached hydrogen (secondary N) is 2. The summed E-state index contributed by atoms with van der Waals surface area (Å²) in [7, 11) is 1.51. The molecule has 5 heteroatoms. The Labute approximate surface area is 107 Å². The number of aryl methyl sites for hydroxylation is 2. The molecule has 0 saturated heterocycles. The minimum atomic E-state index is -0.322. The van der Waals surface area contributed by atoms with Gasteiger partial charge in [-0.25, -0.2) is 0 Å². The van der Waals surface area contributed by atoms with Crippen molar-refractivity contribution in [3.63, 3.8) is 0 Å². The number of ether oxygens (including phenoxy) is 1. The monoisotopic (exact) mass is 250 g/mol. The van der Waals surface area contributed by atoms with Crippen LogP contribution in [0.25, 0.3) is 0 Å². The van der Waals surface area contributed by atoms with E-state index in [2.05, 4.69) is 10.6 Å². The second-order valence-electron chi connectivity index (χ2n) is 3.98. The van der Waals surface area contributed by atoms with Crippen LogP contribution in [-0.2, 0) is 9.59 Å². The molecule has 0 aromatic heterocycles. The highest BCUT2D eigenvalue weighted by Crippen LogP contribution is 2.16. The summed E-state index contributed by atoms with van der Waals surface area (Å²) in [4.78, 5) is 22.3. The van der Waals surface area contributed by atoms with Crippen LogP contribution in [0.4, 0.5) is 0 Å². The molecule has 0 aliphatic heterocycles. The van der Waals surface area contributed by atoms with Crippen LogP contribution >= 0.6 is 0 Å². The number of hydrogen-bond acceptors (Lipinski definition) is 3. The van der Waals surface area contributed by atoms with Crippen LogP contribution in [0.5, 0.6) is 5.75 Å². The SMILES string of the molecule is CNC(=O)CNC(=O)COc1ccc(C)c(C)c1. The molecule has 98 valence electrons. The van der Waals surface area contributed by atoms with Crippen molar-refractivity contribution in [3.05, 3.63) is 29.3 Å². The first-order chi connectivity index (χ1) is 8.52. The molecule has 2 amide bonds. The van der Waals surface area contributed by atoms with E-state index in [1.54, 1.807) is 0 Å². The highest BCUT2D eigenvalue weighted by Gasteiger charge is 2.05. The van der Waals surface area contributed by atoms with Gasteiger partial charge in [0.05, 0.1) is 6.54 Å². The molecular weight excluding hydrogens is 232 g/mol. The van der Waals surface area contributed by atoms with Crippen LogP contribution in [0.1, 0.15) is 11.1 Å². The fourth-order valence-corrected chi connectivity index (χ4v) is 1.27. The third-order valence-electron chi connectivity index (χ3n) is 2.57. The fraction of sp³-hybridized carbons (Fsp3) is 0.385. The van der Waals surface area contributed by atoms with E-state index in [1.165, 1.54) is 12.6 Å². The molecule has 1 aromatic rings. The molecule has 0 bridgehead atoms. The standard InChI is InChI=1S/C13H18N2O3/c1-9-4-5-11(6-10(9)2)18-8-13(17)15-7-12(16)14-3/h4-6H,7-8H2,1-3H3,(H,14,16)(H,15,17). The van der Waals surface area contributed by atoms with Crippen LogP contribution in [-0.4, -0.2) is 32.0 Å². The van der Waals surface area contributed by atoms with E-state index in [4.69, 9.17) is 4.74 Å². The second-order valence-corrected chi connectivity index (χ2v) is 3.98. The number of benzene rings is 1. The van der Waals surface area contributed by atoms with Crippen molar-refractivity contribution in [2.24, 2.45) is 0 Å². The van der Waals surface area contributed by atoms with Crippen molar-refractivity contribution in [3.8, 4) is 5.75 Å². The zero-order valence-corrected chi connectivity index (χ0v) is 10.9. The highest BCUT2D eigenvalue weighted by molar-refractivity contribution is 5.85. The molecule has 0 aliphatic carbocycles. The predicted octanol–water partition coefficient (Wildman–Crippen LogP) is 0.544. The van der Waals surface area contributed by atoms with Crippen molar-refractivity contribution >= 4 is 11.8 Å². The summed E-state index contributed by atoms with van der Waals surface area (Å²) in [6.07, 6.45) is 0. The normalized spacial score (nSPS) is 9.72. The third kappa shape index (κ3) is 4.45. The molecular formula is C13H18N2O3. The Balaban J connectivity index is 2.38. The summed E-state index contributed by atoms with van der Waals surface area (Å²) in [6, 6.07) is 5.63. The Hall–Kier alpha value is -2.04. The largest absolute Gasteiger partial charge is 0.484 e. The first-order valence-corrected chi connectivity index (χ1v) is 5.70. The van der Waals surface area contributed by atoms with Gasteiger partial charge in [0, 0.05) is 7.05 Å². The topological polar surface area (TPSA) is 67.4 Å².